The van der Waals surface area contributed by atoms with E-state index in [1.165, 1.54) is 4.90 Å². The maximum atomic E-state index is 12.1. The lowest BCUT2D eigenvalue weighted by molar-refractivity contribution is -0.139. The summed E-state index contributed by atoms with van der Waals surface area (Å²) in [6, 6.07) is -0.833. The first-order valence-corrected chi connectivity index (χ1v) is 5.79. The van der Waals surface area contributed by atoms with Gasteiger partial charge in [-0.2, -0.15) is 0 Å². The van der Waals surface area contributed by atoms with Crippen molar-refractivity contribution < 1.29 is 19.5 Å². The second kappa shape index (κ2) is 4.91. The lowest BCUT2D eigenvalue weighted by Gasteiger charge is -2.39. The van der Waals surface area contributed by atoms with Gasteiger partial charge in [0.2, 0.25) is 0 Å². The summed E-state index contributed by atoms with van der Waals surface area (Å²) < 4.78 is 0. The van der Waals surface area contributed by atoms with Crippen LogP contribution >= 0.6 is 0 Å². The number of carbonyl (C=O) groups is 3. The molecule has 2 fully saturated rings. The molecule has 18 heavy (non-hydrogen) atoms. The highest BCUT2D eigenvalue weighted by atomic mass is 16.4. The summed E-state index contributed by atoms with van der Waals surface area (Å²) in [6.45, 7) is 0.612. The van der Waals surface area contributed by atoms with Gasteiger partial charge in [0.1, 0.15) is 12.2 Å². The number of imide groups is 1. The molecule has 8 heteroatoms. The van der Waals surface area contributed by atoms with Crippen LogP contribution in [0.2, 0.25) is 0 Å². The summed E-state index contributed by atoms with van der Waals surface area (Å²) in [5.41, 5.74) is 0. The number of nitrogens with zero attached hydrogens (tertiary/aromatic N) is 2. The Kier molecular flexibility index (Phi) is 3.48. The lowest BCUT2D eigenvalue weighted by atomic mass is 10.1. The number of hydrogen-bond donors (Lipinski definition) is 3. The fraction of sp³-hybridized carbons (Fsp3) is 0.700. The monoisotopic (exact) mass is 256 g/mol. The molecule has 2 rings (SSSR count). The Hall–Kier alpha value is -1.67. The number of rotatable bonds is 4. The van der Waals surface area contributed by atoms with Crippen molar-refractivity contribution in [1.29, 1.82) is 0 Å². The number of amides is 3. The van der Waals surface area contributed by atoms with Gasteiger partial charge in [-0.05, 0) is 6.42 Å². The van der Waals surface area contributed by atoms with Crippen LogP contribution in [0.1, 0.15) is 12.8 Å². The molecule has 2 unspecified atom stereocenters. The van der Waals surface area contributed by atoms with Crippen molar-refractivity contribution in [3.05, 3.63) is 0 Å². The van der Waals surface area contributed by atoms with Crippen molar-refractivity contribution in [2.75, 3.05) is 20.3 Å². The fourth-order valence-electron chi connectivity index (χ4n) is 2.25. The molecule has 2 atom stereocenters. The molecular weight excluding hydrogens is 240 g/mol. The number of fused-ring (bicyclic) bond motifs is 1. The molecule has 0 aliphatic carbocycles. The maximum absolute atomic E-state index is 12.1. The van der Waals surface area contributed by atoms with Crippen molar-refractivity contribution in [2.24, 2.45) is 0 Å². The molecule has 2 heterocycles. The van der Waals surface area contributed by atoms with Gasteiger partial charge in [0.25, 0.3) is 5.91 Å². The third kappa shape index (κ3) is 2.16. The summed E-state index contributed by atoms with van der Waals surface area (Å²) in [5, 5.41) is 14.5. The maximum Gasteiger partial charge on any atom is 0.327 e. The van der Waals surface area contributed by atoms with Gasteiger partial charge >= 0.3 is 12.0 Å². The predicted molar refractivity (Wildman–Crippen MR) is 60.5 cm³/mol. The standard InChI is InChI=1S/C10H16N4O4/c1-13-8-7(11-5-12-8)9(17)14(10(13)18)4-2-3-6(15)16/h7-8,11-12H,2-5H2,1H3,(H,15,16). The van der Waals surface area contributed by atoms with Crippen molar-refractivity contribution in [3.63, 3.8) is 0 Å². The molecule has 2 aliphatic heterocycles. The normalized spacial score (nSPS) is 27.6. The highest BCUT2D eigenvalue weighted by Crippen LogP contribution is 2.17. The molecule has 0 bridgehead atoms. The van der Waals surface area contributed by atoms with E-state index in [9.17, 15) is 14.4 Å². The molecule has 0 radical (unpaired) electrons. The van der Waals surface area contributed by atoms with Crippen LogP contribution in [0, 0.1) is 0 Å². The zero-order chi connectivity index (χ0) is 13.3. The molecule has 100 valence electrons. The van der Waals surface area contributed by atoms with Crippen LogP contribution in [0.3, 0.4) is 0 Å². The van der Waals surface area contributed by atoms with E-state index in [2.05, 4.69) is 10.6 Å². The molecule has 3 amide bonds. The highest BCUT2D eigenvalue weighted by molar-refractivity contribution is 6.00. The quantitative estimate of drug-likeness (QED) is 0.571. The third-order valence-electron chi connectivity index (χ3n) is 3.20. The summed E-state index contributed by atoms with van der Waals surface area (Å²) in [4.78, 5) is 37.0. The van der Waals surface area contributed by atoms with Crippen LogP contribution in [-0.4, -0.2) is 65.3 Å². The highest BCUT2D eigenvalue weighted by Gasteiger charge is 2.46. The van der Waals surface area contributed by atoms with Crippen molar-refractivity contribution in [3.8, 4) is 0 Å². The first-order valence-electron chi connectivity index (χ1n) is 5.79. The molecule has 0 spiro atoms. The van der Waals surface area contributed by atoms with Crippen LogP contribution in [0.5, 0.6) is 0 Å². The Morgan fingerprint density at radius 1 is 1.44 bits per heavy atom. The Morgan fingerprint density at radius 2 is 2.17 bits per heavy atom. The fourth-order valence-corrected chi connectivity index (χ4v) is 2.25. The first-order chi connectivity index (χ1) is 8.52. The topological polar surface area (TPSA) is 102 Å². The van der Waals surface area contributed by atoms with E-state index in [0.717, 1.165) is 4.90 Å². The van der Waals surface area contributed by atoms with E-state index in [0.29, 0.717) is 6.67 Å². The number of likely N-dealkylation sites (N-methyl/N-ethyl adjacent to an activating group) is 1. The number of urea groups is 1. The Balaban J connectivity index is 2.02. The second-order valence-corrected chi connectivity index (χ2v) is 4.39. The second-order valence-electron chi connectivity index (χ2n) is 4.39. The number of carboxylic acids is 1. The molecule has 3 N–H and O–H groups in total. The minimum absolute atomic E-state index is 0.0550. The third-order valence-corrected chi connectivity index (χ3v) is 3.20. The summed E-state index contributed by atoms with van der Waals surface area (Å²) >= 11 is 0. The minimum Gasteiger partial charge on any atom is -0.481 e. The summed E-state index contributed by atoms with van der Waals surface area (Å²) in [5.74, 6) is -1.22. The number of aliphatic carboxylic acids is 1. The average Bonchev–Trinajstić information content (AvgIpc) is 2.79. The van der Waals surface area contributed by atoms with E-state index >= 15 is 0 Å². The van der Waals surface area contributed by atoms with Crippen LogP contribution < -0.4 is 10.6 Å². The van der Waals surface area contributed by atoms with E-state index in [1.54, 1.807) is 7.05 Å². The zero-order valence-corrected chi connectivity index (χ0v) is 10.0. The van der Waals surface area contributed by atoms with Gasteiger partial charge in [-0.15, -0.1) is 0 Å². The Morgan fingerprint density at radius 3 is 2.83 bits per heavy atom. The van der Waals surface area contributed by atoms with Crippen LogP contribution in [0.25, 0.3) is 0 Å². The van der Waals surface area contributed by atoms with Gasteiger partial charge in [0.15, 0.2) is 0 Å². The molecule has 8 nitrogen and oxygen atoms in total. The molecule has 2 saturated heterocycles. The Bertz CT molecular complexity index is 386. The van der Waals surface area contributed by atoms with Gasteiger partial charge in [0, 0.05) is 26.7 Å². The molecule has 0 saturated carbocycles. The number of carbonyl (C=O) groups excluding carboxylic acids is 2. The van der Waals surface area contributed by atoms with Crippen LogP contribution in [-0.2, 0) is 9.59 Å². The smallest absolute Gasteiger partial charge is 0.327 e. The number of carboxylic acid groups (broad SMARTS) is 1. The SMILES string of the molecule is CN1C(=O)N(CCCC(=O)O)C(=O)C2NCNC21. The predicted octanol–water partition coefficient (Wildman–Crippen LogP) is -1.41. The molecule has 0 aromatic carbocycles. The van der Waals surface area contributed by atoms with Crippen LogP contribution in [0.15, 0.2) is 0 Å². The molecule has 0 aromatic heterocycles. The van der Waals surface area contributed by atoms with Crippen LogP contribution in [0.4, 0.5) is 4.79 Å². The van der Waals surface area contributed by atoms with Crippen molar-refractivity contribution >= 4 is 17.9 Å². The van der Waals surface area contributed by atoms with Crippen molar-refractivity contribution in [1.82, 2.24) is 20.4 Å². The number of nitrogens with one attached hydrogen (secondary N) is 2. The summed E-state index contributed by atoms with van der Waals surface area (Å²) in [6.07, 6.45) is -0.104. The number of hydrogen-bond acceptors (Lipinski definition) is 5. The zero-order valence-electron chi connectivity index (χ0n) is 10.0. The summed E-state index contributed by atoms with van der Waals surface area (Å²) in [7, 11) is 1.62. The van der Waals surface area contributed by atoms with Crippen molar-refractivity contribution in [2.45, 2.75) is 25.0 Å². The lowest BCUT2D eigenvalue weighted by Crippen LogP contribution is -2.65. The average molecular weight is 256 g/mol. The molecule has 2 aliphatic rings. The van der Waals surface area contributed by atoms with Gasteiger partial charge in [-0.25, -0.2) is 4.79 Å². The van der Waals surface area contributed by atoms with E-state index in [-0.39, 0.29) is 37.5 Å². The van der Waals surface area contributed by atoms with Gasteiger partial charge in [0.05, 0.1) is 0 Å². The van der Waals surface area contributed by atoms with Gasteiger partial charge in [-0.1, -0.05) is 0 Å². The van der Waals surface area contributed by atoms with E-state index in [1.807, 2.05) is 0 Å². The Labute approximate surface area is 104 Å². The van der Waals surface area contributed by atoms with E-state index in [4.69, 9.17) is 5.11 Å². The minimum atomic E-state index is -0.932. The van der Waals surface area contributed by atoms with E-state index < -0.39 is 12.0 Å². The van der Waals surface area contributed by atoms with Gasteiger partial charge in [-0.3, -0.25) is 25.1 Å². The first kappa shape index (κ1) is 12.8. The molecular formula is C10H16N4O4. The molecule has 0 aromatic rings. The van der Waals surface area contributed by atoms with Gasteiger partial charge < -0.3 is 10.0 Å². The largest absolute Gasteiger partial charge is 0.481 e.